The number of nitrogens with zero attached hydrogens (tertiary/aromatic N) is 2. The number of methoxy groups -OCH3 is 2. The van der Waals surface area contributed by atoms with Crippen molar-refractivity contribution in [3.8, 4) is 0 Å². The van der Waals surface area contributed by atoms with E-state index in [4.69, 9.17) is 25.8 Å². The molecule has 2 unspecified atom stereocenters. The third-order valence-electron chi connectivity index (χ3n) is 4.04. The number of benzene rings is 1. The number of ether oxygens (including phenoxy) is 3. The molecule has 0 aliphatic carbocycles. The zero-order valence-corrected chi connectivity index (χ0v) is 13.0. The molecule has 0 bridgehead atoms. The molecule has 1 fully saturated rings. The van der Waals surface area contributed by atoms with Gasteiger partial charge in [0, 0.05) is 32.2 Å². The minimum Gasteiger partial charge on any atom is -0.364 e. The van der Waals surface area contributed by atoms with Crippen LogP contribution in [-0.4, -0.2) is 41.8 Å². The van der Waals surface area contributed by atoms with Gasteiger partial charge >= 0.3 is 0 Å². The lowest BCUT2D eigenvalue weighted by molar-refractivity contribution is -0.261. The molecule has 0 N–H and O–H groups in total. The molecule has 22 heavy (non-hydrogen) atoms. The molecule has 7 heteroatoms. The van der Waals surface area contributed by atoms with Crippen molar-refractivity contribution in [1.29, 1.82) is 0 Å². The smallest absolute Gasteiger partial charge is 0.285 e. The Labute approximate surface area is 132 Å². The van der Waals surface area contributed by atoms with Crippen LogP contribution in [-0.2, 0) is 24.6 Å². The maximum Gasteiger partial charge on any atom is 0.285 e. The van der Waals surface area contributed by atoms with Gasteiger partial charge in [0.1, 0.15) is 0 Å². The van der Waals surface area contributed by atoms with Gasteiger partial charge in [-0.05, 0) is 17.7 Å². The van der Waals surface area contributed by atoms with E-state index in [9.17, 15) is 4.79 Å². The summed E-state index contributed by atoms with van der Waals surface area (Å²) >= 11 is 5.75. The molecule has 1 aromatic heterocycles. The molecule has 3 rings (SSSR count). The van der Waals surface area contributed by atoms with Crippen molar-refractivity contribution in [2.24, 2.45) is 0 Å². The second kappa shape index (κ2) is 5.55. The van der Waals surface area contributed by atoms with Crippen LogP contribution >= 0.6 is 11.6 Å². The molecule has 1 aliphatic heterocycles. The van der Waals surface area contributed by atoms with E-state index in [0.29, 0.717) is 12.2 Å². The van der Waals surface area contributed by atoms with Crippen LogP contribution in [0.2, 0.25) is 0 Å². The summed E-state index contributed by atoms with van der Waals surface area (Å²) in [6, 6.07) is 7.54. The summed E-state index contributed by atoms with van der Waals surface area (Å²) in [6.45, 7) is 0.246. The van der Waals surface area contributed by atoms with Crippen molar-refractivity contribution in [2.45, 2.75) is 17.8 Å². The van der Waals surface area contributed by atoms with Crippen LogP contribution in [0.15, 0.2) is 30.5 Å². The molecule has 0 amide bonds. The third kappa shape index (κ3) is 1.95. The molecule has 1 saturated heterocycles. The zero-order chi connectivity index (χ0) is 15.8. The Bertz CT molecular complexity index is 726. The number of hydrogen-bond acceptors (Lipinski definition) is 6. The highest BCUT2D eigenvalue weighted by atomic mass is 35.5. The van der Waals surface area contributed by atoms with Gasteiger partial charge in [0.05, 0.1) is 12.1 Å². The molecule has 1 aliphatic rings. The molecular formula is C15H15ClN2O4. The van der Waals surface area contributed by atoms with Gasteiger partial charge in [0.2, 0.25) is 0 Å². The summed E-state index contributed by atoms with van der Waals surface area (Å²) in [5.74, 6) is -1.45. The fraction of sp³-hybridized carbons (Fsp3) is 0.400. The Balaban J connectivity index is 2.21. The lowest BCUT2D eigenvalue weighted by atomic mass is 9.91. The van der Waals surface area contributed by atoms with Crippen LogP contribution in [0.3, 0.4) is 0 Å². The summed E-state index contributed by atoms with van der Waals surface area (Å²) in [6.07, 6.45) is 2.03. The van der Waals surface area contributed by atoms with Crippen LogP contribution in [0.1, 0.15) is 12.2 Å². The number of rotatable bonds is 4. The van der Waals surface area contributed by atoms with Gasteiger partial charge in [-0.3, -0.25) is 4.79 Å². The molecule has 6 nitrogen and oxygen atoms in total. The first kappa shape index (κ1) is 15.3. The number of aromatic nitrogens is 2. The van der Waals surface area contributed by atoms with E-state index in [-0.39, 0.29) is 6.61 Å². The van der Waals surface area contributed by atoms with Gasteiger partial charge in [-0.25, -0.2) is 9.97 Å². The molecular weight excluding hydrogens is 308 g/mol. The lowest BCUT2D eigenvalue weighted by Crippen LogP contribution is -2.56. The quantitative estimate of drug-likeness (QED) is 0.802. The average Bonchev–Trinajstić information content (AvgIpc) is 2.95. The zero-order valence-electron chi connectivity index (χ0n) is 12.2. The van der Waals surface area contributed by atoms with Gasteiger partial charge in [0.15, 0.2) is 11.4 Å². The third-order valence-corrected chi connectivity index (χ3v) is 4.28. The molecule has 2 atom stereocenters. The molecule has 116 valence electrons. The maximum absolute atomic E-state index is 12.0. The number of fused-ring (bicyclic) bond motifs is 1. The second-order valence-corrected chi connectivity index (χ2v) is 5.32. The first-order chi connectivity index (χ1) is 10.6. The molecule has 2 heterocycles. The average molecular weight is 323 g/mol. The number of carbonyl (C=O) groups is 1. The Kier molecular flexibility index (Phi) is 3.86. The summed E-state index contributed by atoms with van der Waals surface area (Å²) < 4.78 is 16.5. The van der Waals surface area contributed by atoms with Crippen molar-refractivity contribution in [2.75, 3.05) is 20.8 Å². The van der Waals surface area contributed by atoms with Gasteiger partial charge in [0.25, 0.3) is 11.0 Å². The summed E-state index contributed by atoms with van der Waals surface area (Å²) in [4.78, 5) is 20.9. The fourth-order valence-electron chi connectivity index (χ4n) is 2.89. The number of carbonyl (C=O) groups excluding carboxylic acids is 1. The predicted octanol–water partition coefficient (Wildman–Crippen LogP) is 2.00. The normalized spacial score (nSPS) is 28.1. The first-order valence-corrected chi connectivity index (χ1v) is 7.14. The van der Waals surface area contributed by atoms with E-state index in [1.807, 2.05) is 24.3 Å². The maximum atomic E-state index is 12.0. The van der Waals surface area contributed by atoms with Gasteiger partial charge < -0.3 is 14.2 Å². The minimum absolute atomic E-state index is 0.246. The Hall–Kier alpha value is -1.60. The number of para-hydroxylation sites is 1. The van der Waals surface area contributed by atoms with Crippen LogP contribution in [0.25, 0.3) is 10.9 Å². The van der Waals surface area contributed by atoms with Crippen molar-refractivity contribution in [3.05, 3.63) is 36.3 Å². The summed E-state index contributed by atoms with van der Waals surface area (Å²) in [5, 5.41) is 0.0859. The summed E-state index contributed by atoms with van der Waals surface area (Å²) in [7, 11) is 2.81. The highest BCUT2D eigenvalue weighted by Gasteiger charge is 2.65. The largest absolute Gasteiger partial charge is 0.364 e. The first-order valence-electron chi connectivity index (χ1n) is 6.76. The van der Waals surface area contributed by atoms with E-state index in [2.05, 4.69) is 9.97 Å². The fourth-order valence-corrected chi connectivity index (χ4v) is 3.18. The minimum atomic E-state index is -1.76. The Morgan fingerprint density at radius 3 is 2.77 bits per heavy atom. The standard InChI is InChI=1S/C15H15ClN2O4/c1-20-14(7-8-22-15(14,21-2)12(16)19)13-17-9-10-5-3-4-6-11(10)18-13/h3-6,9H,7-8H2,1-2H3. The molecule has 0 spiro atoms. The van der Waals surface area contributed by atoms with Crippen molar-refractivity contribution < 1.29 is 19.0 Å². The van der Waals surface area contributed by atoms with Crippen LogP contribution in [0, 0.1) is 0 Å². The van der Waals surface area contributed by atoms with E-state index >= 15 is 0 Å². The molecule has 0 radical (unpaired) electrons. The SMILES string of the molecule is COC1(C(=O)Cl)OCCC1(OC)c1ncc2ccccc2n1. The van der Waals surface area contributed by atoms with Crippen molar-refractivity contribution in [1.82, 2.24) is 9.97 Å². The van der Waals surface area contributed by atoms with Crippen molar-refractivity contribution >= 4 is 27.7 Å². The Morgan fingerprint density at radius 1 is 1.32 bits per heavy atom. The monoisotopic (exact) mass is 322 g/mol. The Morgan fingerprint density at radius 2 is 2.09 bits per heavy atom. The second-order valence-electron chi connectivity index (χ2n) is 4.98. The van der Waals surface area contributed by atoms with Crippen LogP contribution in [0.4, 0.5) is 0 Å². The van der Waals surface area contributed by atoms with Gasteiger partial charge in [-0.15, -0.1) is 0 Å². The molecule has 2 aromatic rings. The van der Waals surface area contributed by atoms with Gasteiger partial charge in [-0.2, -0.15) is 0 Å². The highest BCUT2D eigenvalue weighted by Crippen LogP contribution is 2.47. The van der Waals surface area contributed by atoms with E-state index in [1.54, 1.807) is 6.20 Å². The summed E-state index contributed by atoms with van der Waals surface area (Å²) in [5.41, 5.74) is -0.548. The lowest BCUT2D eigenvalue weighted by Gasteiger charge is -2.37. The van der Waals surface area contributed by atoms with Gasteiger partial charge in [-0.1, -0.05) is 18.2 Å². The highest BCUT2D eigenvalue weighted by molar-refractivity contribution is 6.65. The van der Waals surface area contributed by atoms with E-state index in [1.165, 1.54) is 14.2 Å². The van der Waals surface area contributed by atoms with Crippen LogP contribution in [0.5, 0.6) is 0 Å². The molecule has 1 aromatic carbocycles. The van der Waals surface area contributed by atoms with E-state index in [0.717, 1.165) is 10.9 Å². The van der Waals surface area contributed by atoms with Crippen molar-refractivity contribution in [3.63, 3.8) is 0 Å². The number of halogens is 1. The molecule has 0 saturated carbocycles. The van der Waals surface area contributed by atoms with E-state index < -0.39 is 16.6 Å². The van der Waals surface area contributed by atoms with Crippen LogP contribution < -0.4 is 0 Å². The predicted molar refractivity (Wildman–Crippen MR) is 79.4 cm³/mol. The number of hydrogen-bond donors (Lipinski definition) is 0. The topological polar surface area (TPSA) is 70.5 Å².